The Labute approximate surface area is 142 Å². The van der Waals surface area contributed by atoms with E-state index in [-0.39, 0.29) is 24.9 Å². The van der Waals surface area contributed by atoms with Crippen LogP contribution < -0.4 is 10.6 Å². The van der Waals surface area contributed by atoms with Gasteiger partial charge in [-0.25, -0.2) is 0 Å². The first kappa shape index (κ1) is 19.4. The number of rotatable bonds is 10. The fourth-order valence-electron chi connectivity index (χ4n) is 1.95. The van der Waals surface area contributed by atoms with Gasteiger partial charge in [0.05, 0.1) is 13.1 Å². The number of amides is 2. The van der Waals surface area contributed by atoms with Crippen LogP contribution in [0.25, 0.3) is 0 Å². The van der Waals surface area contributed by atoms with Gasteiger partial charge in [-0.1, -0.05) is 23.7 Å². The molecule has 1 aromatic rings. The van der Waals surface area contributed by atoms with Crippen molar-refractivity contribution >= 4 is 23.4 Å². The van der Waals surface area contributed by atoms with Gasteiger partial charge in [-0.05, 0) is 31.2 Å². The summed E-state index contributed by atoms with van der Waals surface area (Å²) in [6, 6.07) is 7.32. The number of nitrogens with one attached hydrogen (secondary N) is 2. The second-order valence-electron chi connectivity index (χ2n) is 5.28. The van der Waals surface area contributed by atoms with Crippen LogP contribution in [0.1, 0.15) is 12.0 Å². The van der Waals surface area contributed by atoms with E-state index in [2.05, 4.69) is 10.6 Å². The number of carbonyl (C=O) groups is 2. The molecule has 0 bridgehead atoms. The lowest BCUT2D eigenvalue weighted by Crippen LogP contribution is -2.41. The van der Waals surface area contributed by atoms with E-state index in [1.807, 2.05) is 12.1 Å². The first-order chi connectivity index (χ1) is 11.0. The molecule has 0 spiro atoms. The van der Waals surface area contributed by atoms with E-state index in [1.54, 1.807) is 31.2 Å². The zero-order valence-electron chi connectivity index (χ0n) is 13.6. The van der Waals surface area contributed by atoms with Crippen molar-refractivity contribution in [3.63, 3.8) is 0 Å². The van der Waals surface area contributed by atoms with E-state index in [9.17, 15) is 9.59 Å². The Hall–Kier alpha value is -1.63. The second kappa shape index (κ2) is 11.0. The normalized spacial score (nSPS) is 10.6. The summed E-state index contributed by atoms with van der Waals surface area (Å²) < 4.78 is 4.91. The van der Waals surface area contributed by atoms with Crippen LogP contribution >= 0.6 is 11.6 Å². The lowest BCUT2D eigenvalue weighted by atomic mass is 10.2. The van der Waals surface area contributed by atoms with Gasteiger partial charge in [-0.15, -0.1) is 0 Å². The number of methoxy groups -OCH3 is 1. The molecule has 0 fully saturated rings. The van der Waals surface area contributed by atoms with Gasteiger partial charge in [0, 0.05) is 31.8 Å². The molecular formula is C16H24ClN3O3. The van der Waals surface area contributed by atoms with Crippen LogP contribution in [0.5, 0.6) is 0 Å². The highest BCUT2D eigenvalue weighted by Gasteiger charge is 2.10. The fraction of sp³-hybridized carbons (Fsp3) is 0.500. The maximum absolute atomic E-state index is 11.9. The number of hydrogen-bond donors (Lipinski definition) is 2. The van der Waals surface area contributed by atoms with Crippen molar-refractivity contribution in [1.29, 1.82) is 0 Å². The summed E-state index contributed by atoms with van der Waals surface area (Å²) in [4.78, 5) is 25.2. The van der Waals surface area contributed by atoms with Gasteiger partial charge in [0.15, 0.2) is 0 Å². The largest absolute Gasteiger partial charge is 0.385 e. The van der Waals surface area contributed by atoms with Crippen molar-refractivity contribution in [1.82, 2.24) is 15.5 Å². The molecular weight excluding hydrogens is 318 g/mol. The molecule has 0 unspecified atom stereocenters. The Morgan fingerprint density at radius 2 is 1.91 bits per heavy atom. The average Bonchev–Trinajstić information content (AvgIpc) is 2.49. The molecule has 0 saturated carbocycles. The van der Waals surface area contributed by atoms with Gasteiger partial charge >= 0.3 is 0 Å². The van der Waals surface area contributed by atoms with Gasteiger partial charge in [0.25, 0.3) is 0 Å². The molecule has 2 amide bonds. The molecule has 0 heterocycles. The molecule has 0 radical (unpaired) electrons. The quantitative estimate of drug-likeness (QED) is 0.624. The Morgan fingerprint density at radius 3 is 2.57 bits per heavy atom. The number of halogens is 1. The van der Waals surface area contributed by atoms with Crippen LogP contribution in [0, 0.1) is 0 Å². The van der Waals surface area contributed by atoms with E-state index < -0.39 is 0 Å². The molecule has 7 heteroatoms. The standard InChI is InChI=1S/C16H24ClN3O3/c1-20(11-15(21)18-7-4-8-23-2)12-16(22)19-10-13-5-3-6-14(17)9-13/h3,5-6,9H,4,7-8,10-12H2,1-2H3,(H,18,21)(H,19,22). The van der Waals surface area contributed by atoms with Gasteiger partial charge < -0.3 is 15.4 Å². The number of nitrogens with zero attached hydrogens (tertiary/aromatic N) is 1. The minimum atomic E-state index is -0.139. The predicted molar refractivity (Wildman–Crippen MR) is 90.3 cm³/mol. The van der Waals surface area contributed by atoms with E-state index in [1.165, 1.54) is 0 Å². The van der Waals surface area contributed by atoms with E-state index in [0.29, 0.717) is 24.7 Å². The summed E-state index contributed by atoms with van der Waals surface area (Å²) in [5, 5.41) is 6.22. The fourth-order valence-corrected chi connectivity index (χ4v) is 2.16. The molecule has 6 nitrogen and oxygen atoms in total. The maximum Gasteiger partial charge on any atom is 0.234 e. The third-order valence-electron chi connectivity index (χ3n) is 3.05. The number of likely N-dealkylation sites (N-methyl/N-ethyl adjacent to an activating group) is 1. The van der Waals surface area contributed by atoms with Gasteiger partial charge in [0.2, 0.25) is 11.8 Å². The van der Waals surface area contributed by atoms with Crippen LogP contribution in [-0.2, 0) is 20.9 Å². The number of carbonyl (C=O) groups excluding carboxylic acids is 2. The molecule has 2 N–H and O–H groups in total. The van der Waals surface area contributed by atoms with E-state index in [0.717, 1.165) is 12.0 Å². The maximum atomic E-state index is 11.9. The topological polar surface area (TPSA) is 70.7 Å². The van der Waals surface area contributed by atoms with Crippen molar-refractivity contribution in [2.45, 2.75) is 13.0 Å². The predicted octanol–water partition coefficient (Wildman–Crippen LogP) is 1.04. The second-order valence-corrected chi connectivity index (χ2v) is 5.71. The van der Waals surface area contributed by atoms with Crippen molar-refractivity contribution in [3.05, 3.63) is 34.9 Å². The highest BCUT2D eigenvalue weighted by molar-refractivity contribution is 6.30. The van der Waals surface area contributed by atoms with E-state index >= 15 is 0 Å². The van der Waals surface area contributed by atoms with Crippen LogP contribution in [-0.4, -0.2) is 57.1 Å². The van der Waals surface area contributed by atoms with Crippen molar-refractivity contribution in [2.24, 2.45) is 0 Å². The van der Waals surface area contributed by atoms with Crippen LogP contribution in [0.4, 0.5) is 0 Å². The molecule has 1 rings (SSSR count). The Bertz CT molecular complexity index is 511. The van der Waals surface area contributed by atoms with Crippen molar-refractivity contribution < 1.29 is 14.3 Å². The van der Waals surface area contributed by atoms with Gasteiger partial charge in [-0.2, -0.15) is 0 Å². The zero-order chi connectivity index (χ0) is 17.1. The molecule has 0 aliphatic heterocycles. The first-order valence-electron chi connectivity index (χ1n) is 7.46. The SMILES string of the molecule is COCCCNC(=O)CN(C)CC(=O)NCc1cccc(Cl)c1. The number of hydrogen-bond acceptors (Lipinski definition) is 4. The molecule has 1 aromatic carbocycles. The lowest BCUT2D eigenvalue weighted by molar-refractivity contribution is -0.124. The first-order valence-corrected chi connectivity index (χ1v) is 7.84. The van der Waals surface area contributed by atoms with Crippen molar-refractivity contribution in [3.8, 4) is 0 Å². The summed E-state index contributed by atoms with van der Waals surface area (Å²) in [6.45, 7) is 1.93. The lowest BCUT2D eigenvalue weighted by Gasteiger charge is -2.16. The van der Waals surface area contributed by atoms with Crippen LogP contribution in [0.2, 0.25) is 5.02 Å². The average molecular weight is 342 g/mol. The van der Waals surface area contributed by atoms with Gasteiger partial charge in [0.1, 0.15) is 0 Å². The smallest absolute Gasteiger partial charge is 0.234 e. The number of benzene rings is 1. The Balaban J connectivity index is 2.21. The highest BCUT2D eigenvalue weighted by atomic mass is 35.5. The molecule has 0 aromatic heterocycles. The summed E-state index contributed by atoms with van der Waals surface area (Å²) >= 11 is 5.89. The zero-order valence-corrected chi connectivity index (χ0v) is 14.4. The summed E-state index contributed by atoms with van der Waals surface area (Å²) in [7, 11) is 3.35. The Kier molecular flexibility index (Phi) is 9.28. The van der Waals surface area contributed by atoms with Crippen LogP contribution in [0.15, 0.2) is 24.3 Å². The molecule has 23 heavy (non-hydrogen) atoms. The van der Waals surface area contributed by atoms with E-state index in [4.69, 9.17) is 16.3 Å². The highest BCUT2D eigenvalue weighted by Crippen LogP contribution is 2.10. The monoisotopic (exact) mass is 341 g/mol. The van der Waals surface area contributed by atoms with Gasteiger partial charge in [-0.3, -0.25) is 14.5 Å². The third-order valence-corrected chi connectivity index (χ3v) is 3.29. The summed E-state index contributed by atoms with van der Waals surface area (Å²) in [6.07, 6.45) is 0.770. The minimum absolute atomic E-state index is 0.105. The van der Waals surface area contributed by atoms with Crippen molar-refractivity contribution in [2.75, 3.05) is 40.4 Å². The molecule has 0 aliphatic carbocycles. The van der Waals surface area contributed by atoms with Crippen LogP contribution in [0.3, 0.4) is 0 Å². The molecule has 0 saturated heterocycles. The summed E-state index contributed by atoms with van der Waals surface area (Å²) in [5.74, 6) is -0.245. The third kappa shape index (κ3) is 9.18. The minimum Gasteiger partial charge on any atom is -0.385 e. The number of ether oxygens (including phenoxy) is 1. The molecule has 0 atom stereocenters. The summed E-state index contributed by atoms with van der Waals surface area (Å²) in [5.41, 5.74) is 0.935. The molecule has 128 valence electrons. The Morgan fingerprint density at radius 1 is 1.22 bits per heavy atom. The molecule has 0 aliphatic rings.